The molecule has 1 aliphatic rings. The van der Waals surface area contributed by atoms with Crippen molar-refractivity contribution in [3.8, 4) is 0 Å². The number of hydrogen-bond donors (Lipinski definition) is 0. The predicted octanol–water partition coefficient (Wildman–Crippen LogP) is 5.13. The highest BCUT2D eigenvalue weighted by Crippen LogP contribution is 2.23. The molecule has 3 rings (SSSR count). The highest BCUT2D eigenvalue weighted by Gasteiger charge is 2.09. The Labute approximate surface area is 122 Å². The van der Waals surface area contributed by atoms with Gasteiger partial charge in [0, 0.05) is 0 Å². The second-order valence-electron chi connectivity index (χ2n) is 6.00. The number of unbranched alkanes of at least 4 members (excludes halogenated alkanes) is 1. The smallest absolute Gasteiger partial charge is 0.0276 e. The molecule has 0 radical (unpaired) electrons. The van der Waals surface area contributed by atoms with Crippen LogP contribution in [0.3, 0.4) is 0 Å². The fraction of sp³-hybridized carbons (Fsp3) is 0.400. The van der Waals surface area contributed by atoms with Crippen molar-refractivity contribution in [2.24, 2.45) is 0 Å². The minimum absolute atomic E-state index is 1.21. The van der Waals surface area contributed by atoms with Crippen LogP contribution in [0, 0.1) is 0 Å². The minimum atomic E-state index is 1.21. The van der Waals surface area contributed by atoms with Crippen molar-refractivity contribution >= 4 is 0 Å². The first-order valence-electron chi connectivity index (χ1n) is 8.06. The topological polar surface area (TPSA) is 0 Å². The Morgan fingerprint density at radius 2 is 1.35 bits per heavy atom. The molecule has 20 heavy (non-hydrogen) atoms. The second kappa shape index (κ2) is 6.74. The van der Waals surface area contributed by atoms with Gasteiger partial charge in [0.05, 0.1) is 0 Å². The third-order valence-corrected chi connectivity index (χ3v) is 4.44. The van der Waals surface area contributed by atoms with E-state index in [1.54, 1.807) is 16.7 Å². The van der Waals surface area contributed by atoms with Gasteiger partial charge in [-0.2, -0.15) is 0 Å². The number of rotatable bonds is 5. The lowest BCUT2D eigenvalue weighted by Gasteiger charge is -2.16. The molecule has 0 aliphatic heterocycles. The molecule has 0 spiro atoms. The van der Waals surface area contributed by atoms with E-state index in [4.69, 9.17) is 0 Å². The molecule has 0 fully saturated rings. The molecular formula is C20H24. The molecular weight excluding hydrogens is 240 g/mol. The van der Waals surface area contributed by atoms with Gasteiger partial charge in [-0.15, -0.1) is 0 Å². The summed E-state index contributed by atoms with van der Waals surface area (Å²) in [5, 5.41) is 0. The van der Waals surface area contributed by atoms with E-state index >= 15 is 0 Å². The Kier molecular flexibility index (Phi) is 4.53. The van der Waals surface area contributed by atoms with E-state index in [9.17, 15) is 0 Å². The molecule has 0 heteroatoms. The van der Waals surface area contributed by atoms with E-state index in [2.05, 4.69) is 48.5 Å². The van der Waals surface area contributed by atoms with Crippen molar-refractivity contribution in [2.45, 2.75) is 51.4 Å². The predicted molar refractivity (Wildman–Crippen MR) is 86.2 cm³/mol. The molecule has 0 saturated heterocycles. The summed E-state index contributed by atoms with van der Waals surface area (Å²) >= 11 is 0. The SMILES string of the molecule is c1ccc(CCCCc2ccc3c(c2)CCCC3)cc1. The molecule has 0 unspecified atom stereocenters. The quantitative estimate of drug-likeness (QED) is 0.657. The Morgan fingerprint density at radius 3 is 2.15 bits per heavy atom. The van der Waals surface area contributed by atoms with Gasteiger partial charge in [0.25, 0.3) is 0 Å². The minimum Gasteiger partial charge on any atom is -0.0622 e. The maximum Gasteiger partial charge on any atom is -0.0276 e. The molecule has 0 N–H and O–H groups in total. The maximum atomic E-state index is 2.47. The fourth-order valence-corrected chi connectivity index (χ4v) is 3.25. The molecule has 0 atom stereocenters. The Bertz CT molecular complexity index is 539. The van der Waals surface area contributed by atoms with Crippen LogP contribution in [0.15, 0.2) is 48.5 Å². The molecule has 0 saturated carbocycles. The average Bonchev–Trinajstić information content (AvgIpc) is 2.52. The van der Waals surface area contributed by atoms with E-state index < -0.39 is 0 Å². The zero-order chi connectivity index (χ0) is 13.6. The highest BCUT2D eigenvalue weighted by atomic mass is 14.1. The molecule has 0 nitrogen and oxygen atoms in total. The summed E-state index contributed by atoms with van der Waals surface area (Å²) in [5.74, 6) is 0. The summed E-state index contributed by atoms with van der Waals surface area (Å²) in [6, 6.07) is 18.0. The van der Waals surface area contributed by atoms with Crippen LogP contribution in [0.1, 0.15) is 47.9 Å². The number of fused-ring (bicyclic) bond motifs is 1. The van der Waals surface area contributed by atoms with E-state index in [0.717, 1.165) is 0 Å². The van der Waals surface area contributed by atoms with Gasteiger partial charge in [-0.05, 0) is 73.6 Å². The molecule has 2 aromatic carbocycles. The summed E-state index contributed by atoms with van der Waals surface area (Å²) in [6.07, 6.45) is 10.4. The molecule has 0 bridgehead atoms. The van der Waals surface area contributed by atoms with Gasteiger partial charge in [-0.1, -0.05) is 48.5 Å². The molecule has 0 aromatic heterocycles. The Balaban J connectivity index is 1.49. The normalized spacial score (nSPS) is 14.0. The van der Waals surface area contributed by atoms with Crippen LogP contribution >= 0.6 is 0 Å². The van der Waals surface area contributed by atoms with Crippen molar-refractivity contribution < 1.29 is 0 Å². The zero-order valence-electron chi connectivity index (χ0n) is 12.3. The van der Waals surface area contributed by atoms with Crippen molar-refractivity contribution in [3.05, 3.63) is 70.8 Å². The lowest BCUT2D eigenvalue weighted by molar-refractivity contribution is 0.681. The van der Waals surface area contributed by atoms with E-state index in [1.165, 1.54) is 56.9 Å². The molecule has 1 aliphatic carbocycles. The summed E-state index contributed by atoms with van der Waals surface area (Å²) in [6.45, 7) is 0. The van der Waals surface area contributed by atoms with Crippen molar-refractivity contribution in [3.63, 3.8) is 0 Å². The second-order valence-corrected chi connectivity index (χ2v) is 6.00. The van der Waals surface area contributed by atoms with Gasteiger partial charge in [0.2, 0.25) is 0 Å². The molecule has 0 amide bonds. The first-order chi connectivity index (χ1) is 9.92. The standard InChI is InChI=1S/C20H24/c1-2-8-17(9-3-1)10-4-5-11-18-14-15-19-12-6-7-13-20(19)16-18/h1-3,8-9,14-16H,4-7,10-13H2. The summed E-state index contributed by atoms with van der Waals surface area (Å²) in [5.41, 5.74) is 6.23. The van der Waals surface area contributed by atoms with E-state index in [-0.39, 0.29) is 0 Å². The van der Waals surface area contributed by atoms with Gasteiger partial charge in [-0.3, -0.25) is 0 Å². The van der Waals surface area contributed by atoms with Crippen molar-refractivity contribution in [1.29, 1.82) is 0 Å². The summed E-state index contributed by atoms with van der Waals surface area (Å²) < 4.78 is 0. The summed E-state index contributed by atoms with van der Waals surface area (Å²) in [4.78, 5) is 0. The van der Waals surface area contributed by atoms with Crippen LogP contribution in [0.2, 0.25) is 0 Å². The maximum absolute atomic E-state index is 2.47. The fourth-order valence-electron chi connectivity index (χ4n) is 3.25. The third-order valence-electron chi connectivity index (χ3n) is 4.44. The lowest BCUT2D eigenvalue weighted by Crippen LogP contribution is -2.03. The number of benzene rings is 2. The van der Waals surface area contributed by atoms with E-state index in [1.807, 2.05) is 0 Å². The molecule has 104 valence electrons. The molecule has 0 heterocycles. The van der Waals surface area contributed by atoms with Crippen LogP contribution in [-0.2, 0) is 25.7 Å². The van der Waals surface area contributed by atoms with Gasteiger partial charge in [-0.25, -0.2) is 0 Å². The monoisotopic (exact) mass is 264 g/mol. The van der Waals surface area contributed by atoms with Gasteiger partial charge < -0.3 is 0 Å². The van der Waals surface area contributed by atoms with Gasteiger partial charge in [0.15, 0.2) is 0 Å². The number of hydrogen-bond acceptors (Lipinski definition) is 0. The van der Waals surface area contributed by atoms with Gasteiger partial charge >= 0.3 is 0 Å². The Hall–Kier alpha value is -1.56. The Morgan fingerprint density at radius 1 is 0.650 bits per heavy atom. The third kappa shape index (κ3) is 3.50. The lowest BCUT2D eigenvalue weighted by atomic mass is 9.89. The van der Waals surface area contributed by atoms with E-state index in [0.29, 0.717) is 0 Å². The van der Waals surface area contributed by atoms with Crippen molar-refractivity contribution in [1.82, 2.24) is 0 Å². The highest BCUT2D eigenvalue weighted by molar-refractivity contribution is 5.33. The van der Waals surface area contributed by atoms with Crippen LogP contribution in [-0.4, -0.2) is 0 Å². The zero-order valence-corrected chi connectivity index (χ0v) is 12.3. The first-order valence-corrected chi connectivity index (χ1v) is 8.06. The van der Waals surface area contributed by atoms with Gasteiger partial charge in [0.1, 0.15) is 0 Å². The number of aryl methyl sites for hydroxylation is 4. The van der Waals surface area contributed by atoms with Crippen LogP contribution < -0.4 is 0 Å². The van der Waals surface area contributed by atoms with Crippen LogP contribution in [0.4, 0.5) is 0 Å². The summed E-state index contributed by atoms with van der Waals surface area (Å²) in [7, 11) is 0. The van der Waals surface area contributed by atoms with Crippen LogP contribution in [0.25, 0.3) is 0 Å². The molecule has 2 aromatic rings. The average molecular weight is 264 g/mol. The largest absolute Gasteiger partial charge is 0.0622 e. The van der Waals surface area contributed by atoms with Crippen LogP contribution in [0.5, 0.6) is 0 Å². The van der Waals surface area contributed by atoms with Crippen molar-refractivity contribution in [2.75, 3.05) is 0 Å². The first kappa shape index (κ1) is 13.4.